The monoisotopic (exact) mass is 371 g/mol. The van der Waals surface area contributed by atoms with Crippen molar-refractivity contribution < 1.29 is 0 Å². The molecule has 26 heavy (non-hydrogen) atoms. The summed E-state index contributed by atoms with van der Waals surface area (Å²) in [7, 11) is 1.82. The average molecular weight is 372 g/mol. The molecule has 5 nitrogen and oxygen atoms in total. The predicted octanol–water partition coefficient (Wildman–Crippen LogP) is 3.52. The lowest BCUT2D eigenvalue weighted by molar-refractivity contribution is 0.683. The first-order valence-electron chi connectivity index (χ1n) is 9.39. The number of nitrogens with zero attached hydrogens (tertiary/aromatic N) is 3. The van der Waals surface area contributed by atoms with E-state index in [4.69, 9.17) is 0 Å². The highest BCUT2D eigenvalue weighted by molar-refractivity contribution is 7.11. The minimum atomic E-state index is 0.200. The van der Waals surface area contributed by atoms with Crippen molar-refractivity contribution in [3.05, 3.63) is 45.9 Å². The molecule has 1 aliphatic heterocycles. The number of aromatic nitrogens is 1. The minimum Gasteiger partial charge on any atom is -0.372 e. The smallest absolute Gasteiger partial charge is 0.191 e. The van der Waals surface area contributed by atoms with E-state index in [1.54, 1.807) is 11.3 Å². The molecule has 0 saturated carbocycles. The van der Waals surface area contributed by atoms with E-state index in [0.717, 1.165) is 23.9 Å². The van der Waals surface area contributed by atoms with Gasteiger partial charge in [0.2, 0.25) is 0 Å². The fraction of sp³-hybridized carbons (Fsp3) is 0.500. The summed E-state index contributed by atoms with van der Waals surface area (Å²) in [5.74, 6) is 0.831. The maximum Gasteiger partial charge on any atom is 0.191 e. The topological polar surface area (TPSA) is 52.6 Å². The van der Waals surface area contributed by atoms with Crippen LogP contribution in [0.3, 0.4) is 0 Å². The normalized spacial score (nSPS) is 16.0. The van der Waals surface area contributed by atoms with Crippen molar-refractivity contribution in [1.82, 2.24) is 15.6 Å². The fourth-order valence-electron chi connectivity index (χ4n) is 3.25. The number of hydrogen-bond acceptors (Lipinski definition) is 4. The number of benzene rings is 1. The molecule has 1 aromatic carbocycles. The van der Waals surface area contributed by atoms with Crippen molar-refractivity contribution in [2.75, 3.05) is 31.6 Å². The fourth-order valence-corrected chi connectivity index (χ4v) is 4.04. The number of aryl methyl sites for hydroxylation is 1. The summed E-state index contributed by atoms with van der Waals surface area (Å²) in [6.07, 6.45) is 5.45. The number of guanidine groups is 1. The van der Waals surface area contributed by atoms with Gasteiger partial charge in [0.25, 0.3) is 0 Å². The van der Waals surface area contributed by atoms with Gasteiger partial charge in [0.1, 0.15) is 0 Å². The molecule has 1 aliphatic rings. The van der Waals surface area contributed by atoms with Gasteiger partial charge in [0.05, 0.1) is 11.0 Å². The second-order valence-electron chi connectivity index (χ2n) is 6.77. The lowest BCUT2D eigenvalue weighted by atomic mass is 10.1. The Balaban J connectivity index is 1.53. The van der Waals surface area contributed by atoms with Crippen LogP contribution in [0.2, 0.25) is 0 Å². The molecule has 1 atom stereocenters. The highest BCUT2D eigenvalue weighted by Gasteiger charge is 2.14. The van der Waals surface area contributed by atoms with E-state index in [1.807, 2.05) is 13.2 Å². The standard InChI is InChI=1S/C20H29N5S/c1-15-14-23-19(26-15)9-10-22-20(21-3)24-16(2)17-7-6-8-18(13-17)25-11-4-5-12-25/h6-8,13-14,16H,4-5,9-12H2,1-3H3,(H2,21,22,24). The van der Waals surface area contributed by atoms with Gasteiger partial charge in [-0.2, -0.15) is 0 Å². The summed E-state index contributed by atoms with van der Waals surface area (Å²) in [4.78, 5) is 12.5. The maximum absolute atomic E-state index is 4.41. The molecule has 0 spiro atoms. The molecule has 2 N–H and O–H groups in total. The lowest BCUT2D eigenvalue weighted by Gasteiger charge is -2.22. The number of thiazole rings is 1. The van der Waals surface area contributed by atoms with Crippen LogP contribution in [0.5, 0.6) is 0 Å². The molecular weight excluding hydrogens is 342 g/mol. The van der Waals surface area contributed by atoms with E-state index in [1.165, 1.54) is 42.1 Å². The van der Waals surface area contributed by atoms with Gasteiger partial charge in [0, 0.05) is 49.9 Å². The van der Waals surface area contributed by atoms with E-state index >= 15 is 0 Å². The third kappa shape index (κ3) is 4.97. The van der Waals surface area contributed by atoms with Gasteiger partial charge < -0.3 is 15.5 Å². The molecule has 140 valence electrons. The van der Waals surface area contributed by atoms with E-state index in [2.05, 4.69) is 63.6 Å². The second-order valence-corrected chi connectivity index (χ2v) is 8.09. The molecule has 0 radical (unpaired) electrons. The highest BCUT2D eigenvalue weighted by atomic mass is 32.1. The van der Waals surface area contributed by atoms with Crippen molar-refractivity contribution in [3.63, 3.8) is 0 Å². The summed E-state index contributed by atoms with van der Waals surface area (Å²) in [6, 6.07) is 9.05. The Morgan fingerprint density at radius 2 is 2.15 bits per heavy atom. The Labute approximate surface area is 160 Å². The Bertz CT molecular complexity index is 733. The Kier molecular flexibility index (Phi) is 6.50. The molecular formula is C20H29N5S. The first-order chi connectivity index (χ1) is 12.7. The molecule has 2 heterocycles. The zero-order chi connectivity index (χ0) is 18.4. The predicted molar refractivity (Wildman–Crippen MR) is 111 cm³/mol. The van der Waals surface area contributed by atoms with Crippen LogP contribution in [0, 0.1) is 6.92 Å². The largest absolute Gasteiger partial charge is 0.372 e. The van der Waals surface area contributed by atoms with Gasteiger partial charge in [-0.25, -0.2) is 4.98 Å². The third-order valence-electron chi connectivity index (χ3n) is 4.72. The first-order valence-corrected chi connectivity index (χ1v) is 10.2. The zero-order valence-electron chi connectivity index (χ0n) is 16.0. The molecule has 1 saturated heterocycles. The van der Waals surface area contributed by atoms with Crippen LogP contribution in [-0.2, 0) is 6.42 Å². The molecule has 3 rings (SSSR count). The van der Waals surface area contributed by atoms with Crippen molar-refractivity contribution >= 4 is 23.0 Å². The van der Waals surface area contributed by atoms with E-state index < -0.39 is 0 Å². The van der Waals surface area contributed by atoms with Crippen molar-refractivity contribution in [3.8, 4) is 0 Å². The summed E-state index contributed by atoms with van der Waals surface area (Å²) in [6.45, 7) is 7.44. The molecule has 0 amide bonds. The van der Waals surface area contributed by atoms with Gasteiger partial charge in [-0.05, 0) is 44.4 Å². The highest BCUT2D eigenvalue weighted by Crippen LogP contribution is 2.23. The number of nitrogens with one attached hydrogen (secondary N) is 2. The molecule has 1 aromatic heterocycles. The van der Waals surface area contributed by atoms with E-state index in [-0.39, 0.29) is 6.04 Å². The molecule has 0 bridgehead atoms. The van der Waals surface area contributed by atoms with Crippen molar-refractivity contribution in [1.29, 1.82) is 0 Å². The molecule has 6 heteroatoms. The van der Waals surface area contributed by atoms with Gasteiger partial charge in [0.15, 0.2) is 5.96 Å². The number of aliphatic imine (C=N–C) groups is 1. The van der Waals surface area contributed by atoms with Crippen molar-refractivity contribution in [2.24, 2.45) is 4.99 Å². The first kappa shape index (κ1) is 18.7. The summed E-state index contributed by atoms with van der Waals surface area (Å²) in [5, 5.41) is 8.05. The third-order valence-corrected chi connectivity index (χ3v) is 5.69. The number of rotatable bonds is 6. The van der Waals surface area contributed by atoms with Crippen LogP contribution in [-0.4, -0.2) is 37.6 Å². The summed E-state index contributed by atoms with van der Waals surface area (Å²) in [5.41, 5.74) is 2.61. The Hall–Kier alpha value is -2.08. The van der Waals surface area contributed by atoms with Gasteiger partial charge in [-0.3, -0.25) is 4.99 Å². The van der Waals surface area contributed by atoms with Crippen LogP contribution >= 0.6 is 11.3 Å². The zero-order valence-corrected chi connectivity index (χ0v) is 16.8. The number of hydrogen-bond donors (Lipinski definition) is 2. The summed E-state index contributed by atoms with van der Waals surface area (Å²) >= 11 is 1.76. The van der Waals surface area contributed by atoms with Crippen LogP contribution in [0.1, 0.15) is 41.3 Å². The van der Waals surface area contributed by atoms with E-state index in [0.29, 0.717) is 0 Å². The quantitative estimate of drug-likeness (QED) is 0.603. The van der Waals surface area contributed by atoms with Crippen LogP contribution in [0.15, 0.2) is 35.5 Å². The SMILES string of the molecule is CN=C(NCCc1ncc(C)s1)NC(C)c1cccc(N2CCCC2)c1. The van der Waals surface area contributed by atoms with Crippen LogP contribution < -0.4 is 15.5 Å². The van der Waals surface area contributed by atoms with Crippen LogP contribution in [0.4, 0.5) is 5.69 Å². The second kappa shape index (κ2) is 9.03. The number of anilines is 1. The van der Waals surface area contributed by atoms with Crippen LogP contribution in [0.25, 0.3) is 0 Å². The summed E-state index contributed by atoms with van der Waals surface area (Å²) < 4.78 is 0. The van der Waals surface area contributed by atoms with Crippen molar-refractivity contribution in [2.45, 2.75) is 39.2 Å². The molecule has 1 unspecified atom stereocenters. The Morgan fingerprint density at radius 3 is 2.85 bits per heavy atom. The molecule has 2 aromatic rings. The van der Waals surface area contributed by atoms with E-state index in [9.17, 15) is 0 Å². The molecule has 1 fully saturated rings. The Morgan fingerprint density at radius 1 is 1.35 bits per heavy atom. The molecule has 0 aliphatic carbocycles. The van der Waals surface area contributed by atoms with Gasteiger partial charge in [-0.15, -0.1) is 11.3 Å². The maximum atomic E-state index is 4.41. The lowest BCUT2D eigenvalue weighted by Crippen LogP contribution is -2.39. The average Bonchev–Trinajstić information content (AvgIpc) is 3.33. The minimum absolute atomic E-state index is 0.200. The van der Waals surface area contributed by atoms with Gasteiger partial charge >= 0.3 is 0 Å². The van der Waals surface area contributed by atoms with Gasteiger partial charge in [-0.1, -0.05) is 12.1 Å².